The first kappa shape index (κ1) is 12.6. The summed E-state index contributed by atoms with van der Waals surface area (Å²) < 4.78 is 0. The van der Waals surface area contributed by atoms with Crippen molar-refractivity contribution in [2.75, 3.05) is 32.1 Å². The van der Waals surface area contributed by atoms with Crippen molar-refractivity contribution in [3.05, 3.63) is 28.2 Å². The first-order chi connectivity index (χ1) is 7.16. The molecule has 1 rings (SSSR count). The number of nitrogens with zero attached hydrogens (tertiary/aromatic N) is 1. The standard InChI is InChI=1S/C11H16Cl2N2/c1-14-7-4-8-15(2)10-6-3-5-9(12)11(10)13/h3,5-6,14H,4,7-8H2,1-2H3. The molecule has 0 atom stereocenters. The Labute approximate surface area is 101 Å². The fourth-order valence-corrected chi connectivity index (χ4v) is 1.84. The van der Waals surface area contributed by atoms with Gasteiger partial charge in [0.2, 0.25) is 0 Å². The van der Waals surface area contributed by atoms with Crippen LogP contribution in [0.4, 0.5) is 5.69 Å². The molecule has 0 aliphatic heterocycles. The highest BCUT2D eigenvalue weighted by molar-refractivity contribution is 6.43. The number of hydrogen-bond donors (Lipinski definition) is 1. The minimum atomic E-state index is 0.606. The molecule has 0 spiro atoms. The molecule has 4 heteroatoms. The Morgan fingerprint density at radius 2 is 2.07 bits per heavy atom. The van der Waals surface area contributed by atoms with Gasteiger partial charge in [0.1, 0.15) is 0 Å². The van der Waals surface area contributed by atoms with Crippen molar-refractivity contribution in [2.24, 2.45) is 0 Å². The molecule has 1 N–H and O–H groups in total. The van der Waals surface area contributed by atoms with Crippen LogP contribution in [-0.2, 0) is 0 Å². The number of rotatable bonds is 5. The highest BCUT2D eigenvalue weighted by Gasteiger charge is 2.07. The second-order valence-corrected chi connectivity index (χ2v) is 4.24. The van der Waals surface area contributed by atoms with E-state index in [1.54, 1.807) is 6.07 Å². The first-order valence-electron chi connectivity index (χ1n) is 4.96. The van der Waals surface area contributed by atoms with Crippen molar-refractivity contribution < 1.29 is 0 Å². The molecule has 0 amide bonds. The summed E-state index contributed by atoms with van der Waals surface area (Å²) in [5, 5.41) is 4.35. The Morgan fingerprint density at radius 3 is 2.73 bits per heavy atom. The maximum Gasteiger partial charge on any atom is 0.0825 e. The van der Waals surface area contributed by atoms with E-state index in [4.69, 9.17) is 23.2 Å². The molecule has 0 heterocycles. The van der Waals surface area contributed by atoms with E-state index in [1.165, 1.54) is 0 Å². The lowest BCUT2D eigenvalue weighted by Gasteiger charge is -2.20. The molecule has 1 aromatic rings. The van der Waals surface area contributed by atoms with Crippen molar-refractivity contribution in [2.45, 2.75) is 6.42 Å². The summed E-state index contributed by atoms with van der Waals surface area (Å²) in [7, 11) is 3.97. The van der Waals surface area contributed by atoms with E-state index >= 15 is 0 Å². The second kappa shape index (κ2) is 6.21. The van der Waals surface area contributed by atoms with Crippen LogP contribution in [0, 0.1) is 0 Å². The lowest BCUT2D eigenvalue weighted by Crippen LogP contribution is -2.22. The maximum atomic E-state index is 6.11. The molecule has 0 fully saturated rings. The molecule has 0 saturated heterocycles. The number of anilines is 1. The maximum absolute atomic E-state index is 6.11. The van der Waals surface area contributed by atoms with Crippen LogP contribution in [0.15, 0.2) is 18.2 Å². The van der Waals surface area contributed by atoms with E-state index in [2.05, 4.69) is 10.2 Å². The van der Waals surface area contributed by atoms with Crippen LogP contribution < -0.4 is 10.2 Å². The van der Waals surface area contributed by atoms with Gasteiger partial charge in [-0.2, -0.15) is 0 Å². The van der Waals surface area contributed by atoms with Crippen LogP contribution in [0.3, 0.4) is 0 Å². The van der Waals surface area contributed by atoms with Crippen molar-refractivity contribution in [1.29, 1.82) is 0 Å². The summed E-state index contributed by atoms with van der Waals surface area (Å²) in [4.78, 5) is 2.12. The molecular formula is C11H16Cl2N2. The number of nitrogens with one attached hydrogen (secondary N) is 1. The topological polar surface area (TPSA) is 15.3 Å². The fraction of sp³-hybridized carbons (Fsp3) is 0.455. The predicted molar refractivity (Wildman–Crippen MR) is 68.3 cm³/mol. The molecule has 0 radical (unpaired) electrons. The number of hydrogen-bond acceptors (Lipinski definition) is 2. The average molecular weight is 247 g/mol. The SMILES string of the molecule is CNCCCN(C)c1cccc(Cl)c1Cl. The third-order valence-electron chi connectivity index (χ3n) is 2.26. The van der Waals surface area contributed by atoms with Gasteiger partial charge >= 0.3 is 0 Å². The zero-order valence-electron chi connectivity index (χ0n) is 9.06. The summed E-state index contributed by atoms with van der Waals surface area (Å²) >= 11 is 12.1. The van der Waals surface area contributed by atoms with Gasteiger partial charge in [-0.05, 0) is 32.1 Å². The molecule has 0 aliphatic carbocycles. The predicted octanol–water partition coefficient (Wildman–Crippen LogP) is 3.04. The van der Waals surface area contributed by atoms with Crippen molar-refractivity contribution in [1.82, 2.24) is 5.32 Å². The highest BCUT2D eigenvalue weighted by atomic mass is 35.5. The molecule has 0 aliphatic rings. The third-order valence-corrected chi connectivity index (χ3v) is 3.07. The Bertz CT molecular complexity index is 315. The molecular weight excluding hydrogens is 231 g/mol. The monoisotopic (exact) mass is 246 g/mol. The Morgan fingerprint density at radius 1 is 1.33 bits per heavy atom. The van der Waals surface area contributed by atoms with E-state index in [1.807, 2.05) is 26.2 Å². The van der Waals surface area contributed by atoms with Crippen LogP contribution in [0.1, 0.15) is 6.42 Å². The van der Waals surface area contributed by atoms with E-state index in [0.29, 0.717) is 10.0 Å². The average Bonchev–Trinajstić information content (AvgIpc) is 2.22. The smallest absolute Gasteiger partial charge is 0.0825 e. The summed E-state index contributed by atoms with van der Waals surface area (Å²) in [6.45, 7) is 1.96. The number of halogens is 2. The summed E-state index contributed by atoms with van der Waals surface area (Å²) in [5.74, 6) is 0. The summed E-state index contributed by atoms with van der Waals surface area (Å²) in [5.41, 5.74) is 0.986. The third kappa shape index (κ3) is 3.56. The van der Waals surface area contributed by atoms with Crippen molar-refractivity contribution in [3.63, 3.8) is 0 Å². The van der Waals surface area contributed by atoms with Crippen LogP contribution in [-0.4, -0.2) is 27.2 Å². The second-order valence-electron chi connectivity index (χ2n) is 3.45. The van der Waals surface area contributed by atoms with Crippen LogP contribution in [0.2, 0.25) is 10.0 Å². The van der Waals surface area contributed by atoms with E-state index < -0.39 is 0 Å². The molecule has 0 bridgehead atoms. The van der Waals surface area contributed by atoms with Gasteiger partial charge in [-0.3, -0.25) is 0 Å². The Kier molecular flexibility index (Phi) is 5.23. The molecule has 0 unspecified atom stereocenters. The molecule has 15 heavy (non-hydrogen) atoms. The van der Waals surface area contributed by atoms with Gasteiger partial charge in [0, 0.05) is 13.6 Å². The quantitative estimate of drug-likeness (QED) is 0.804. The number of benzene rings is 1. The van der Waals surface area contributed by atoms with Crippen LogP contribution in [0.5, 0.6) is 0 Å². The largest absolute Gasteiger partial charge is 0.373 e. The fourth-order valence-electron chi connectivity index (χ4n) is 1.40. The van der Waals surface area contributed by atoms with E-state index in [-0.39, 0.29) is 0 Å². The van der Waals surface area contributed by atoms with Crippen LogP contribution >= 0.6 is 23.2 Å². The normalized spacial score (nSPS) is 10.4. The van der Waals surface area contributed by atoms with Crippen molar-refractivity contribution in [3.8, 4) is 0 Å². The van der Waals surface area contributed by atoms with Crippen molar-refractivity contribution >= 4 is 28.9 Å². The minimum Gasteiger partial charge on any atom is -0.373 e. The minimum absolute atomic E-state index is 0.606. The van der Waals surface area contributed by atoms with E-state index in [0.717, 1.165) is 25.2 Å². The molecule has 1 aromatic carbocycles. The summed E-state index contributed by atoms with van der Waals surface area (Å²) in [6, 6.07) is 5.69. The van der Waals surface area contributed by atoms with Gasteiger partial charge in [0.05, 0.1) is 15.7 Å². The van der Waals surface area contributed by atoms with E-state index in [9.17, 15) is 0 Å². The Balaban J connectivity index is 2.65. The lowest BCUT2D eigenvalue weighted by molar-refractivity contribution is 0.713. The summed E-state index contributed by atoms with van der Waals surface area (Å²) in [6.07, 6.45) is 1.08. The van der Waals surface area contributed by atoms with Gasteiger partial charge in [-0.15, -0.1) is 0 Å². The molecule has 84 valence electrons. The highest BCUT2D eigenvalue weighted by Crippen LogP contribution is 2.31. The zero-order valence-corrected chi connectivity index (χ0v) is 10.6. The van der Waals surface area contributed by atoms with Gasteiger partial charge in [-0.1, -0.05) is 29.3 Å². The molecule has 0 saturated carbocycles. The lowest BCUT2D eigenvalue weighted by atomic mass is 10.3. The van der Waals surface area contributed by atoms with Gasteiger partial charge in [0.15, 0.2) is 0 Å². The zero-order chi connectivity index (χ0) is 11.3. The van der Waals surface area contributed by atoms with Gasteiger partial charge in [-0.25, -0.2) is 0 Å². The molecule has 0 aromatic heterocycles. The first-order valence-corrected chi connectivity index (χ1v) is 5.72. The van der Waals surface area contributed by atoms with Gasteiger partial charge < -0.3 is 10.2 Å². The van der Waals surface area contributed by atoms with Crippen LogP contribution in [0.25, 0.3) is 0 Å². The molecule has 2 nitrogen and oxygen atoms in total. The Hall–Kier alpha value is -0.440. The van der Waals surface area contributed by atoms with Gasteiger partial charge in [0.25, 0.3) is 0 Å².